The number of ketones is 4. The van der Waals surface area contributed by atoms with Crippen LogP contribution in [-0.2, 0) is 0 Å². The van der Waals surface area contributed by atoms with Gasteiger partial charge >= 0.3 is 0 Å². The normalized spacial score (nSPS) is 11.5. The molecule has 0 radical (unpaired) electrons. The quantitative estimate of drug-likeness (QED) is 0.215. The second-order valence-electron chi connectivity index (χ2n) is 11.1. The van der Waals surface area contributed by atoms with Crippen LogP contribution in [0.2, 0.25) is 0 Å². The van der Waals surface area contributed by atoms with Crippen molar-refractivity contribution in [2.24, 2.45) is 0 Å². The molecule has 0 heterocycles. The molecule has 0 saturated heterocycles. The molecule has 3 rings (SSSR count). The highest BCUT2D eigenvalue weighted by molar-refractivity contribution is 6.16. The fourth-order valence-corrected chi connectivity index (χ4v) is 3.69. The van der Waals surface area contributed by atoms with Crippen LogP contribution in [0.25, 0.3) is 0 Å². The van der Waals surface area contributed by atoms with Crippen LogP contribution in [0.15, 0.2) is 72.8 Å². The first-order chi connectivity index (χ1) is 17.7. The topological polar surface area (TPSA) is 86.7 Å². The molecule has 0 aromatic heterocycles. The molecule has 0 fully saturated rings. The number of rotatable bonds is 10. The molecule has 0 aliphatic heterocycles. The van der Waals surface area contributed by atoms with E-state index in [0.717, 1.165) is 0 Å². The Hall–Kier alpha value is -4.06. The van der Waals surface area contributed by atoms with E-state index < -0.39 is 11.6 Å². The molecule has 6 nitrogen and oxygen atoms in total. The van der Waals surface area contributed by atoms with Crippen LogP contribution in [0.3, 0.4) is 0 Å². The van der Waals surface area contributed by atoms with Crippen molar-refractivity contribution < 1.29 is 28.7 Å². The molecule has 0 aliphatic rings. The molecular weight excluding hydrogens is 480 g/mol. The molecular formula is C32H34O6. The minimum atomic E-state index is -0.402. The summed E-state index contributed by atoms with van der Waals surface area (Å²) in [4.78, 5) is 50.9. The Bertz CT molecular complexity index is 1220. The van der Waals surface area contributed by atoms with Crippen LogP contribution in [0, 0.1) is 0 Å². The molecule has 0 aliphatic carbocycles. The van der Waals surface area contributed by atoms with Crippen molar-refractivity contribution in [2.45, 2.75) is 65.6 Å². The third-order valence-electron chi connectivity index (χ3n) is 5.35. The summed E-state index contributed by atoms with van der Waals surface area (Å²) < 4.78 is 11.5. The molecule has 0 amide bonds. The Balaban J connectivity index is 1.62. The molecule has 0 saturated carbocycles. The van der Waals surface area contributed by atoms with Crippen LogP contribution >= 0.6 is 0 Å². The van der Waals surface area contributed by atoms with Gasteiger partial charge < -0.3 is 9.47 Å². The van der Waals surface area contributed by atoms with E-state index in [1.165, 1.54) is 6.07 Å². The fourth-order valence-electron chi connectivity index (χ4n) is 3.69. The number of carbonyl (C=O) groups excluding carboxylic acids is 4. The summed E-state index contributed by atoms with van der Waals surface area (Å²) in [6.07, 6.45) is -0.669. The smallest absolute Gasteiger partial charge is 0.170 e. The van der Waals surface area contributed by atoms with Gasteiger partial charge in [0.1, 0.15) is 22.7 Å². The van der Waals surface area contributed by atoms with Gasteiger partial charge in [-0.1, -0.05) is 18.2 Å². The van der Waals surface area contributed by atoms with E-state index in [9.17, 15) is 19.2 Å². The summed E-state index contributed by atoms with van der Waals surface area (Å²) >= 11 is 0. The van der Waals surface area contributed by atoms with Crippen LogP contribution in [0.4, 0.5) is 0 Å². The summed E-state index contributed by atoms with van der Waals surface area (Å²) in [6.45, 7) is 11.6. The Kier molecular flexibility index (Phi) is 8.67. The molecule has 38 heavy (non-hydrogen) atoms. The van der Waals surface area contributed by atoms with E-state index >= 15 is 0 Å². The first-order valence-corrected chi connectivity index (χ1v) is 12.5. The SMILES string of the molecule is CC(C)(C)Oc1ccc(C(=O)CC(=O)c2cccc(C(=O)CC(=O)c3ccc(OC(C)(C)C)cc3)c2)cc1. The molecule has 3 aromatic carbocycles. The van der Waals surface area contributed by atoms with Crippen molar-refractivity contribution in [3.63, 3.8) is 0 Å². The van der Waals surface area contributed by atoms with Gasteiger partial charge in [-0.3, -0.25) is 19.2 Å². The summed E-state index contributed by atoms with van der Waals surface area (Å²) in [5.74, 6) is -0.197. The lowest BCUT2D eigenvalue weighted by atomic mass is 9.97. The highest BCUT2D eigenvalue weighted by Gasteiger charge is 2.19. The van der Waals surface area contributed by atoms with Gasteiger partial charge in [-0.25, -0.2) is 0 Å². The summed E-state index contributed by atoms with van der Waals surface area (Å²) in [5.41, 5.74) is 0.564. The molecule has 3 aromatic rings. The molecule has 0 atom stereocenters. The van der Waals surface area contributed by atoms with Crippen molar-refractivity contribution in [3.8, 4) is 11.5 Å². The monoisotopic (exact) mass is 514 g/mol. The maximum atomic E-state index is 12.8. The van der Waals surface area contributed by atoms with Gasteiger partial charge in [-0.2, -0.15) is 0 Å². The highest BCUT2D eigenvalue weighted by atomic mass is 16.5. The molecule has 0 spiro atoms. The van der Waals surface area contributed by atoms with Gasteiger partial charge in [0.25, 0.3) is 0 Å². The minimum Gasteiger partial charge on any atom is -0.488 e. The number of ether oxygens (including phenoxy) is 2. The largest absolute Gasteiger partial charge is 0.488 e. The fraction of sp³-hybridized carbons (Fsp3) is 0.312. The maximum Gasteiger partial charge on any atom is 0.170 e. The zero-order valence-corrected chi connectivity index (χ0v) is 22.8. The highest BCUT2D eigenvalue weighted by Crippen LogP contribution is 2.21. The average Bonchev–Trinajstić information content (AvgIpc) is 2.83. The second kappa shape index (κ2) is 11.5. The third kappa shape index (κ3) is 8.51. The van der Waals surface area contributed by atoms with Gasteiger partial charge in [-0.05, 0) is 96.1 Å². The third-order valence-corrected chi connectivity index (χ3v) is 5.35. The van der Waals surface area contributed by atoms with Gasteiger partial charge in [0.2, 0.25) is 0 Å². The average molecular weight is 515 g/mol. The number of benzene rings is 3. The Morgan fingerprint density at radius 1 is 0.500 bits per heavy atom. The van der Waals surface area contributed by atoms with Gasteiger partial charge in [0, 0.05) is 22.3 Å². The van der Waals surface area contributed by atoms with Gasteiger partial charge in [0.15, 0.2) is 23.1 Å². The van der Waals surface area contributed by atoms with Crippen molar-refractivity contribution in [2.75, 3.05) is 0 Å². The summed E-state index contributed by atoms with van der Waals surface area (Å²) in [7, 11) is 0. The maximum absolute atomic E-state index is 12.8. The Labute approximate surface area is 224 Å². The Morgan fingerprint density at radius 2 is 0.816 bits per heavy atom. The molecule has 0 unspecified atom stereocenters. The molecule has 0 N–H and O–H groups in total. The summed E-state index contributed by atoms with van der Waals surface area (Å²) in [5, 5.41) is 0. The standard InChI is InChI=1S/C32H34O6/c1-31(2,3)37-25-14-10-21(11-15-25)27(33)19-29(35)23-8-7-9-24(18-23)30(36)20-28(34)22-12-16-26(17-13-22)38-32(4,5)6/h7-18H,19-20H2,1-6H3. The lowest BCUT2D eigenvalue weighted by Crippen LogP contribution is -2.22. The number of carbonyl (C=O) groups is 4. The lowest BCUT2D eigenvalue weighted by Gasteiger charge is -2.21. The van der Waals surface area contributed by atoms with Gasteiger partial charge in [0.05, 0.1) is 12.8 Å². The van der Waals surface area contributed by atoms with Crippen LogP contribution in [0.1, 0.15) is 95.8 Å². The van der Waals surface area contributed by atoms with E-state index in [0.29, 0.717) is 22.6 Å². The number of hydrogen-bond acceptors (Lipinski definition) is 6. The van der Waals surface area contributed by atoms with Crippen molar-refractivity contribution in [3.05, 3.63) is 95.1 Å². The van der Waals surface area contributed by atoms with Crippen LogP contribution < -0.4 is 9.47 Å². The van der Waals surface area contributed by atoms with Gasteiger partial charge in [-0.15, -0.1) is 0 Å². The van der Waals surface area contributed by atoms with E-state index in [1.54, 1.807) is 66.7 Å². The van der Waals surface area contributed by atoms with Crippen LogP contribution in [-0.4, -0.2) is 34.3 Å². The first kappa shape index (κ1) is 28.5. The van der Waals surface area contributed by atoms with E-state index in [-0.39, 0.29) is 46.7 Å². The number of Topliss-reactive ketones (excluding diaryl/α,β-unsaturated/α-hetero) is 4. The minimum absolute atomic E-state index is 0.244. The zero-order valence-electron chi connectivity index (χ0n) is 22.8. The molecule has 0 bridgehead atoms. The second-order valence-corrected chi connectivity index (χ2v) is 11.1. The molecule has 6 heteroatoms. The van der Waals surface area contributed by atoms with E-state index in [4.69, 9.17) is 9.47 Å². The predicted octanol–water partition coefficient (Wildman–Crippen LogP) is 6.95. The Morgan fingerprint density at radius 3 is 1.13 bits per heavy atom. The number of hydrogen-bond donors (Lipinski definition) is 0. The van der Waals surface area contributed by atoms with Crippen molar-refractivity contribution in [1.82, 2.24) is 0 Å². The van der Waals surface area contributed by atoms with E-state index in [2.05, 4.69) is 0 Å². The first-order valence-electron chi connectivity index (χ1n) is 12.5. The van der Waals surface area contributed by atoms with Crippen molar-refractivity contribution in [1.29, 1.82) is 0 Å². The van der Waals surface area contributed by atoms with Crippen molar-refractivity contribution >= 4 is 23.1 Å². The summed E-state index contributed by atoms with van der Waals surface area (Å²) in [6, 6.07) is 19.4. The van der Waals surface area contributed by atoms with Crippen LogP contribution in [0.5, 0.6) is 11.5 Å². The van der Waals surface area contributed by atoms with E-state index in [1.807, 2.05) is 41.5 Å². The zero-order chi connectivity index (χ0) is 28.1. The predicted molar refractivity (Wildman–Crippen MR) is 147 cm³/mol. The lowest BCUT2D eigenvalue weighted by molar-refractivity contribution is 0.0882. The molecule has 198 valence electrons.